The average Bonchev–Trinajstić information content (AvgIpc) is 2.96. The third kappa shape index (κ3) is 4.40. The van der Waals surface area contributed by atoms with Crippen LogP contribution in [0.5, 0.6) is 5.75 Å². The Hall–Kier alpha value is -3.08. The Morgan fingerprint density at radius 1 is 1.13 bits per heavy atom. The van der Waals surface area contributed by atoms with E-state index >= 15 is 0 Å². The fourth-order valence-corrected chi connectivity index (χ4v) is 3.68. The van der Waals surface area contributed by atoms with Crippen molar-refractivity contribution in [2.75, 3.05) is 6.54 Å². The van der Waals surface area contributed by atoms with E-state index in [0.29, 0.717) is 17.9 Å². The molecule has 1 aliphatic heterocycles. The maximum Gasteiger partial charge on any atom is 0.295 e. The highest BCUT2D eigenvalue weighted by molar-refractivity contribution is 6.46. The molecule has 1 N–H and O–H groups in total. The maximum atomic E-state index is 13.0. The van der Waals surface area contributed by atoms with Gasteiger partial charge in [-0.05, 0) is 44.9 Å². The molecule has 158 valence electrons. The molecule has 2 aromatic rings. The first-order valence-corrected chi connectivity index (χ1v) is 10.5. The highest BCUT2D eigenvalue weighted by Gasteiger charge is 2.45. The number of likely N-dealkylation sites (tertiary alicyclic amines) is 1. The van der Waals surface area contributed by atoms with Gasteiger partial charge in [-0.2, -0.15) is 0 Å². The van der Waals surface area contributed by atoms with Gasteiger partial charge < -0.3 is 14.7 Å². The van der Waals surface area contributed by atoms with Crippen molar-refractivity contribution in [3.05, 3.63) is 70.8 Å². The van der Waals surface area contributed by atoms with Gasteiger partial charge in [-0.25, -0.2) is 0 Å². The summed E-state index contributed by atoms with van der Waals surface area (Å²) in [6.45, 7) is 8.32. The zero-order chi connectivity index (χ0) is 21.8. The Kier molecular flexibility index (Phi) is 6.60. The highest BCUT2D eigenvalue weighted by atomic mass is 16.5. The number of aryl methyl sites for hydroxylation is 1. The molecule has 1 atom stereocenters. The van der Waals surface area contributed by atoms with E-state index in [-0.39, 0.29) is 17.4 Å². The van der Waals surface area contributed by atoms with Gasteiger partial charge in [0.15, 0.2) is 0 Å². The summed E-state index contributed by atoms with van der Waals surface area (Å²) < 4.78 is 5.81. The van der Waals surface area contributed by atoms with Crippen LogP contribution in [0.25, 0.3) is 5.76 Å². The molecule has 3 rings (SSSR count). The molecule has 0 bridgehead atoms. The van der Waals surface area contributed by atoms with E-state index in [2.05, 4.69) is 0 Å². The summed E-state index contributed by atoms with van der Waals surface area (Å²) in [6, 6.07) is 14.0. The molecular formula is C25H29NO4. The Morgan fingerprint density at radius 3 is 2.47 bits per heavy atom. The van der Waals surface area contributed by atoms with Crippen LogP contribution in [0.2, 0.25) is 0 Å². The van der Waals surface area contributed by atoms with Crippen LogP contribution in [0.15, 0.2) is 54.1 Å². The summed E-state index contributed by atoms with van der Waals surface area (Å²) in [5, 5.41) is 11.0. The number of nitrogens with zero attached hydrogens (tertiary/aromatic N) is 1. The molecule has 30 heavy (non-hydrogen) atoms. The Bertz CT molecular complexity index is 959. The minimum Gasteiger partial charge on any atom is -0.507 e. The average molecular weight is 408 g/mol. The number of unbranched alkanes of at least 4 members (excludes halogenated alkanes) is 1. The Balaban J connectivity index is 2.14. The lowest BCUT2D eigenvalue weighted by Crippen LogP contribution is -2.30. The zero-order valence-electron chi connectivity index (χ0n) is 18.0. The summed E-state index contributed by atoms with van der Waals surface area (Å²) in [5.74, 6) is -0.701. The molecule has 0 aromatic heterocycles. The predicted octanol–water partition coefficient (Wildman–Crippen LogP) is 5.00. The van der Waals surface area contributed by atoms with Crippen molar-refractivity contribution in [1.82, 2.24) is 4.90 Å². The molecule has 1 saturated heterocycles. The van der Waals surface area contributed by atoms with E-state index in [4.69, 9.17) is 4.74 Å². The van der Waals surface area contributed by atoms with E-state index < -0.39 is 17.7 Å². The van der Waals surface area contributed by atoms with E-state index in [1.807, 2.05) is 64.1 Å². The number of Topliss-reactive ketones (excluding diaryl/α,β-unsaturated/α-hetero) is 1. The van der Waals surface area contributed by atoms with Crippen LogP contribution in [-0.2, 0) is 9.59 Å². The quantitative estimate of drug-likeness (QED) is 0.398. The SMILES string of the molecule is CCCCN1C(=O)C(=O)/C(=C(\O)c2ccc(C)cc2)C1c1cccc(OC(C)C)c1. The van der Waals surface area contributed by atoms with Crippen LogP contribution in [0.3, 0.4) is 0 Å². The van der Waals surface area contributed by atoms with Crippen LogP contribution in [0.1, 0.15) is 56.3 Å². The summed E-state index contributed by atoms with van der Waals surface area (Å²) in [7, 11) is 0. The Morgan fingerprint density at radius 2 is 1.83 bits per heavy atom. The third-order valence-electron chi connectivity index (χ3n) is 5.16. The lowest BCUT2D eigenvalue weighted by atomic mass is 9.95. The normalized spacial score (nSPS) is 18.3. The molecule has 1 heterocycles. The second-order valence-electron chi connectivity index (χ2n) is 7.95. The number of carbonyl (C=O) groups excluding carboxylic acids is 2. The van der Waals surface area contributed by atoms with Crippen molar-refractivity contribution in [2.24, 2.45) is 0 Å². The first kappa shape index (κ1) is 21.6. The number of hydrogen-bond donors (Lipinski definition) is 1. The molecule has 0 aliphatic carbocycles. The van der Waals surface area contributed by atoms with Crippen molar-refractivity contribution < 1.29 is 19.4 Å². The summed E-state index contributed by atoms with van der Waals surface area (Å²) in [4.78, 5) is 27.4. The van der Waals surface area contributed by atoms with Crippen LogP contribution in [-0.4, -0.2) is 34.3 Å². The molecule has 2 aromatic carbocycles. The second kappa shape index (κ2) is 9.16. The van der Waals surface area contributed by atoms with Gasteiger partial charge >= 0.3 is 0 Å². The summed E-state index contributed by atoms with van der Waals surface area (Å²) in [6.07, 6.45) is 1.67. The van der Waals surface area contributed by atoms with Crippen molar-refractivity contribution in [2.45, 2.75) is 52.7 Å². The number of aliphatic hydroxyl groups excluding tert-OH is 1. The maximum absolute atomic E-state index is 13.0. The van der Waals surface area contributed by atoms with E-state index in [1.165, 1.54) is 0 Å². The zero-order valence-corrected chi connectivity index (χ0v) is 18.0. The number of aliphatic hydroxyl groups is 1. The first-order chi connectivity index (χ1) is 14.3. The van der Waals surface area contributed by atoms with Gasteiger partial charge in [0.05, 0.1) is 17.7 Å². The lowest BCUT2D eigenvalue weighted by molar-refractivity contribution is -0.139. The van der Waals surface area contributed by atoms with E-state index in [1.54, 1.807) is 17.0 Å². The van der Waals surface area contributed by atoms with Gasteiger partial charge in [-0.15, -0.1) is 0 Å². The number of carbonyl (C=O) groups is 2. The summed E-state index contributed by atoms with van der Waals surface area (Å²) in [5.41, 5.74) is 2.44. The Labute approximate surface area is 178 Å². The first-order valence-electron chi connectivity index (χ1n) is 10.5. The molecular weight excluding hydrogens is 378 g/mol. The van der Waals surface area contributed by atoms with E-state index in [0.717, 1.165) is 24.0 Å². The minimum absolute atomic E-state index is 0.000685. The molecule has 0 saturated carbocycles. The number of benzene rings is 2. The van der Waals surface area contributed by atoms with Crippen molar-refractivity contribution in [3.63, 3.8) is 0 Å². The van der Waals surface area contributed by atoms with Crippen molar-refractivity contribution in [3.8, 4) is 5.75 Å². The molecule has 5 heteroatoms. The van der Waals surface area contributed by atoms with Crippen LogP contribution < -0.4 is 4.74 Å². The molecule has 1 unspecified atom stereocenters. The van der Waals surface area contributed by atoms with Gasteiger partial charge in [0.25, 0.3) is 11.7 Å². The fourth-order valence-electron chi connectivity index (χ4n) is 3.68. The third-order valence-corrected chi connectivity index (χ3v) is 5.16. The van der Waals surface area contributed by atoms with Crippen LogP contribution in [0, 0.1) is 6.92 Å². The summed E-state index contributed by atoms with van der Waals surface area (Å²) >= 11 is 0. The van der Waals surface area contributed by atoms with Crippen molar-refractivity contribution >= 4 is 17.4 Å². The molecule has 1 amide bonds. The lowest BCUT2D eigenvalue weighted by Gasteiger charge is -2.25. The second-order valence-corrected chi connectivity index (χ2v) is 7.95. The van der Waals surface area contributed by atoms with E-state index in [9.17, 15) is 14.7 Å². The van der Waals surface area contributed by atoms with Gasteiger partial charge in [0.2, 0.25) is 0 Å². The number of rotatable bonds is 7. The van der Waals surface area contributed by atoms with Gasteiger partial charge in [-0.3, -0.25) is 9.59 Å². The standard InChI is InChI=1S/C25H29NO4/c1-5-6-14-26-22(19-8-7-9-20(15-19)30-16(2)3)21(24(28)25(26)29)23(27)18-12-10-17(4)11-13-18/h7-13,15-16,22,27H,5-6,14H2,1-4H3/b23-21-. The smallest absolute Gasteiger partial charge is 0.295 e. The topological polar surface area (TPSA) is 66.8 Å². The number of ketones is 1. The van der Waals surface area contributed by atoms with Crippen molar-refractivity contribution in [1.29, 1.82) is 0 Å². The fraction of sp³-hybridized carbons (Fsp3) is 0.360. The van der Waals surface area contributed by atoms with Crippen LogP contribution in [0.4, 0.5) is 0 Å². The minimum atomic E-state index is -0.649. The van der Waals surface area contributed by atoms with Gasteiger partial charge in [-0.1, -0.05) is 55.3 Å². The van der Waals surface area contributed by atoms with Gasteiger partial charge in [0, 0.05) is 12.1 Å². The number of hydrogen-bond acceptors (Lipinski definition) is 4. The molecule has 1 aliphatic rings. The molecule has 0 radical (unpaired) electrons. The molecule has 0 spiro atoms. The molecule has 1 fully saturated rings. The predicted molar refractivity (Wildman–Crippen MR) is 117 cm³/mol. The van der Waals surface area contributed by atoms with Crippen LogP contribution >= 0.6 is 0 Å². The highest BCUT2D eigenvalue weighted by Crippen LogP contribution is 2.40. The number of ether oxygens (including phenoxy) is 1. The largest absolute Gasteiger partial charge is 0.507 e. The molecule has 5 nitrogen and oxygen atoms in total. The monoisotopic (exact) mass is 407 g/mol. The van der Waals surface area contributed by atoms with Gasteiger partial charge in [0.1, 0.15) is 11.5 Å². The number of amides is 1.